The Bertz CT molecular complexity index is 726. The molecule has 0 radical (unpaired) electrons. The fourth-order valence-corrected chi connectivity index (χ4v) is 5.15. The average Bonchev–Trinajstić information content (AvgIpc) is 2.85. The molecule has 2 amide bonds. The Kier molecular flexibility index (Phi) is 10.7. The van der Waals surface area contributed by atoms with Crippen LogP contribution in [0.5, 0.6) is 0 Å². The van der Waals surface area contributed by atoms with E-state index in [1.54, 1.807) is 0 Å². The van der Waals surface area contributed by atoms with Crippen molar-refractivity contribution in [3.63, 3.8) is 0 Å². The van der Waals surface area contributed by atoms with Crippen molar-refractivity contribution in [2.45, 2.75) is 65.3 Å². The van der Waals surface area contributed by atoms with Crippen LogP contribution in [0.15, 0.2) is 24.3 Å². The first-order valence-electron chi connectivity index (χ1n) is 13.2. The van der Waals surface area contributed by atoms with Gasteiger partial charge in [0.1, 0.15) is 0 Å². The topological polar surface area (TPSA) is 55.9 Å². The fourth-order valence-electron chi connectivity index (χ4n) is 5.15. The molecule has 1 aromatic carbocycles. The van der Waals surface area contributed by atoms with Crippen molar-refractivity contribution in [3.8, 4) is 0 Å². The van der Waals surface area contributed by atoms with Crippen LogP contribution in [0.1, 0.15) is 63.5 Å². The number of carbonyl (C=O) groups is 2. The van der Waals surface area contributed by atoms with Crippen LogP contribution in [0.3, 0.4) is 0 Å². The molecule has 33 heavy (non-hydrogen) atoms. The maximum Gasteiger partial charge on any atom is 0.226 e. The Hall–Kier alpha value is -1.92. The average molecular weight is 457 g/mol. The number of amides is 2. The van der Waals surface area contributed by atoms with Crippen molar-refractivity contribution in [2.24, 2.45) is 5.92 Å². The van der Waals surface area contributed by atoms with Gasteiger partial charge in [0.25, 0.3) is 0 Å². The largest absolute Gasteiger partial charge is 0.355 e. The molecule has 2 aliphatic rings. The van der Waals surface area contributed by atoms with Gasteiger partial charge in [-0.3, -0.25) is 14.5 Å². The third kappa shape index (κ3) is 8.42. The van der Waals surface area contributed by atoms with Gasteiger partial charge in [0.2, 0.25) is 11.8 Å². The van der Waals surface area contributed by atoms with Gasteiger partial charge in [0, 0.05) is 45.7 Å². The molecule has 6 heteroatoms. The summed E-state index contributed by atoms with van der Waals surface area (Å²) >= 11 is 0. The molecule has 0 saturated carbocycles. The normalized spacial score (nSPS) is 19.9. The van der Waals surface area contributed by atoms with Gasteiger partial charge in [-0.25, -0.2) is 0 Å². The van der Waals surface area contributed by atoms with Crippen molar-refractivity contribution < 1.29 is 9.59 Å². The summed E-state index contributed by atoms with van der Waals surface area (Å²) in [7, 11) is 0. The lowest BCUT2D eigenvalue weighted by Crippen LogP contribution is -2.44. The van der Waals surface area contributed by atoms with E-state index in [0.717, 1.165) is 65.1 Å². The number of nitrogens with zero attached hydrogens (tertiary/aromatic N) is 3. The summed E-state index contributed by atoms with van der Waals surface area (Å²) in [5.41, 5.74) is 2.49. The quantitative estimate of drug-likeness (QED) is 0.555. The van der Waals surface area contributed by atoms with E-state index in [2.05, 4.69) is 53.2 Å². The lowest BCUT2D eigenvalue weighted by molar-refractivity contribution is -0.137. The van der Waals surface area contributed by atoms with Crippen molar-refractivity contribution in [3.05, 3.63) is 35.4 Å². The second kappa shape index (κ2) is 13.7. The number of carbonyl (C=O) groups excluding carboxylic acids is 2. The molecule has 0 aliphatic carbocycles. The molecule has 1 unspecified atom stereocenters. The molecule has 6 nitrogen and oxygen atoms in total. The van der Waals surface area contributed by atoms with Gasteiger partial charge < -0.3 is 15.1 Å². The van der Waals surface area contributed by atoms with Crippen LogP contribution in [0.4, 0.5) is 0 Å². The minimum Gasteiger partial charge on any atom is -0.355 e. The van der Waals surface area contributed by atoms with Crippen molar-refractivity contribution >= 4 is 11.8 Å². The molecule has 1 aromatic rings. The highest BCUT2D eigenvalue weighted by atomic mass is 16.2. The number of hydrogen-bond donors (Lipinski definition) is 1. The molecule has 1 N–H and O–H groups in total. The van der Waals surface area contributed by atoms with E-state index in [4.69, 9.17) is 0 Å². The lowest BCUT2D eigenvalue weighted by Gasteiger charge is -2.34. The molecular formula is C27H44N4O2. The molecule has 2 heterocycles. The lowest BCUT2D eigenvalue weighted by atomic mass is 9.96. The summed E-state index contributed by atoms with van der Waals surface area (Å²) in [6.45, 7) is 12.6. The van der Waals surface area contributed by atoms with Crippen molar-refractivity contribution in [2.75, 3.05) is 52.4 Å². The number of piperidine rings is 2. The predicted molar refractivity (Wildman–Crippen MR) is 134 cm³/mol. The van der Waals surface area contributed by atoms with Crippen LogP contribution >= 0.6 is 0 Å². The molecule has 0 spiro atoms. The van der Waals surface area contributed by atoms with Crippen LogP contribution in [0, 0.1) is 5.92 Å². The van der Waals surface area contributed by atoms with E-state index in [0.29, 0.717) is 12.3 Å². The standard InChI is InChI=1S/C27H44N4O2/c1-3-31(4-2)27(33)25-9-8-19-30(22-25)21-24-12-10-23(11-13-24)14-15-26(32)28-16-20-29-17-6-5-7-18-29/h10-13,25H,3-9,14-22H2,1-2H3,(H,28,32). The van der Waals surface area contributed by atoms with E-state index in [1.807, 2.05) is 4.90 Å². The number of aryl methyl sites for hydroxylation is 1. The molecule has 3 rings (SSSR count). The van der Waals surface area contributed by atoms with E-state index in [9.17, 15) is 9.59 Å². The van der Waals surface area contributed by atoms with E-state index < -0.39 is 0 Å². The molecule has 0 aromatic heterocycles. The minimum absolute atomic E-state index is 0.131. The highest BCUT2D eigenvalue weighted by Gasteiger charge is 2.28. The summed E-state index contributed by atoms with van der Waals surface area (Å²) in [6, 6.07) is 8.66. The Labute approximate surface area is 200 Å². The van der Waals surface area contributed by atoms with Gasteiger partial charge in [-0.05, 0) is 76.7 Å². The number of likely N-dealkylation sites (tertiary alicyclic amines) is 2. The zero-order valence-electron chi connectivity index (χ0n) is 20.9. The van der Waals surface area contributed by atoms with E-state index in [1.165, 1.54) is 43.5 Å². The van der Waals surface area contributed by atoms with Crippen LogP contribution in [-0.4, -0.2) is 78.9 Å². The van der Waals surface area contributed by atoms with E-state index >= 15 is 0 Å². The Morgan fingerprint density at radius 1 is 0.939 bits per heavy atom. The Balaban J connectivity index is 1.37. The van der Waals surface area contributed by atoms with Crippen molar-refractivity contribution in [1.29, 1.82) is 0 Å². The number of benzene rings is 1. The van der Waals surface area contributed by atoms with Gasteiger partial charge in [-0.1, -0.05) is 30.7 Å². The van der Waals surface area contributed by atoms with Gasteiger partial charge >= 0.3 is 0 Å². The first kappa shape index (κ1) is 25.7. The SMILES string of the molecule is CCN(CC)C(=O)C1CCCN(Cc2ccc(CCC(=O)NCCN3CCCCC3)cc2)C1. The second-order valence-electron chi connectivity index (χ2n) is 9.65. The summed E-state index contributed by atoms with van der Waals surface area (Å²) in [6.07, 6.45) is 7.33. The maximum atomic E-state index is 12.7. The van der Waals surface area contributed by atoms with Gasteiger partial charge in [-0.2, -0.15) is 0 Å². The molecule has 1 atom stereocenters. The predicted octanol–water partition coefficient (Wildman–Crippen LogP) is 3.30. The molecule has 2 fully saturated rings. The Morgan fingerprint density at radius 3 is 2.30 bits per heavy atom. The molecule has 2 saturated heterocycles. The minimum atomic E-state index is 0.131. The second-order valence-corrected chi connectivity index (χ2v) is 9.65. The van der Waals surface area contributed by atoms with Crippen LogP contribution in [0.25, 0.3) is 0 Å². The third-order valence-corrected chi connectivity index (χ3v) is 7.20. The number of nitrogens with one attached hydrogen (secondary N) is 1. The highest BCUT2D eigenvalue weighted by molar-refractivity contribution is 5.79. The number of hydrogen-bond acceptors (Lipinski definition) is 4. The Morgan fingerprint density at radius 2 is 1.61 bits per heavy atom. The highest BCUT2D eigenvalue weighted by Crippen LogP contribution is 2.21. The van der Waals surface area contributed by atoms with Crippen LogP contribution < -0.4 is 5.32 Å². The van der Waals surface area contributed by atoms with Crippen LogP contribution in [0.2, 0.25) is 0 Å². The van der Waals surface area contributed by atoms with Gasteiger partial charge in [-0.15, -0.1) is 0 Å². The summed E-state index contributed by atoms with van der Waals surface area (Å²) in [5, 5.41) is 3.08. The van der Waals surface area contributed by atoms with E-state index in [-0.39, 0.29) is 11.8 Å². The van der Waals surface area contributed by atoms with Crippen LogP contribution in [-0.2, 0) is 22.6 Å². The van der Waals surface area contributed by atoms with Crippen molar-refractivity contribution in [1.82, 2.24) is 20.0 Å². The molecular weight excluding hydrogens is 412 g/mol. The number of rotatable bonds is 11. The smallest absolute Gasteiger partial charge is 0.226 e. The maximum absolute atomic E-state index is 12.7. The first-order chi connectivity index (χ1) is 16.1. The fraction of sp³-hybridized carbons (Fsp3) is 0.704. The summed E-state index contributed by atoms with van der Waals surface area (Å²) < 4.78 is 0. The zero-order valence-corrected chi connectivity index (χ0v) is 20.9. The first-order valence-corrected chi connectivity index (χ1v) is 13.2. The summed E-state index contributed by atoms with van der Waals surface area (Å²) in [4.78, 5) is 31.8. The molecule has 184 valence electrons. The third-order valence-electron chi connectivity index (χ3n) is 7.20. The molecule has 0 bridgehead atoms. The van der Waals surface area contributed by atoms with Gasteiger partial charge in [0.05, 0.1) is 5.92 Å². The van der Waals surface area contributed by atoms with Gasteiger partial charge in [0.15, 0.2) is 0 Å². The molecule has 2 aliphatic heterocycles. The zero-order chi connectivity index (χ0) is 23.5. The summed E-state index contributed by atoms with van der Waals surface area (Å²) in [5.74, 6) is 0.592. The monoisotopic (exact) mass is 456 g/mol.